The lowest BCUT2D eigenvalue weighted by Crippen LogP contribution is -2.02. The number of halogens is 1. The second-order valence-corrected chi connectivity index (χ2v) is 5.09. The van der Waals surface area contributed by atoms with Gasteiger partial charge < -0.3 is 9.47 Å². The van der Waals surface area contributed by atoms with Crippen LogP contribution in [-0.4, -0.2) is 13.2 Å². The molecular formula is C15H20BrNO2. The largest absolute Gasteiger partial charge is 0.490 e. The predicted molar refractivity (Wildman–Crippen MR) is 79.7 cm³/mol. The van der Waals surface area contributed by atoms with Crippen molar-refractivity contribution in [1.29, 1.82) is 5.26 Å². The SMILES string of the molecule is CCCCCCOc1c(Br)cc(C#N)cc1OCC. The number of unbranched alkanes of at least 4 members (excludes halogenated alkanes) is 3. The van der Waals surface area contributed by atoms with E-state index in [9.17, 15) is 0 Å². The molecule has 0 amide bonds. The van der Waals surface area contributed by atoms with E-state index in [4.69, 9.17) is 14.7 Å². The van der Waals surface area contributed by atoms with Gasteiger partial charge in [-0.05, 0) is 35.3 Å². The maximum atomic E-state index is 8.95. The van der Waals surface area contributed by atoms with Crippen LogP contribution in [0.4, 0.5) is 0 Å². The van der Waals surface area contributed by atoms with Crippen LogP contribution in [-0.2, 0) is 0 Å². The Hall–Kier alpha value is -1.21. The number of hydrogen-bond acceptors (Lipinski definition) is 3. The molecule has 0 aliphatic heterocycles. The van der Waals surface area contributed by atoms with Crippen LogP contribution in [0.5, 0.6) is 11.5 Å². The topological polar surface area (TPSA) is 42.2 Å². The minimum Gasteiger partial charge on any atom is -0.490 e. The van der Waals surface area contributed by atoms with Crippen molar-refractivity contribution in [2.24, 2.45) is 0 Å². The average molecular weight is 326 g/mol. The van der Waals surface area contributed by atoms with Crippen LogP contribution >= 0.6 is 15.9 Å². The van der Waals surface area contributed by atoms with Crippen LogP contribution in [0.15, 0.2) is 16.6 Å². The third kappa shape index (κ3) is 5.12. The molecule has 0 radical (unpaired) electrons. The van der Waals surface area contributed by atoms with E-state index < -0.39 is 0 Å². The zero-order valence-electron chi connectivity index (χ0n) is 11.5. The van der Waals surface area contributed by atoms with Crippen molar-refractivity contribution >= 4 is 15.9 Å². The number of ether oxygens (including phenoxy) is 2. The molecule has 1 aromatic carbocycles. The molecule has 0 saturated heterocycles. The normalized spacial score (nSPS) is 10.0. The Morgan fingerprint density at radius 2 is 1.95 bits per heavy atom. The summed E-state index contributed by atoms with van der Waals surface area (Å²) in [5.41, 5.74) is 0.564. The number of nitriles is 1. The highest BCUT2D eigenvalue weighted by Gasteiger charge is 2.12. The molecule has 1 rings (SSSR count). The summed E-state index contributed by atoms with van der Waals surface area (Å²) >= 11 is 3.44. The summed E-state index contributed by atoms with van der Waals surface area (Å²) in [4.78, 5) is 0. The predicted octanol–water partition coefficient (Wildman–Crippen LogP) is 4.68. The van der Waals surface area contributed by atoms with E-state index in [1.54, 1.807) is 12.1 Å². The van der Waals surface area contributed by atoms with Gasteiger partial charge >= 0.3 is 0 Å². The molecule has 0 unspecified atom stereocenters. The third-order valence-corrected chi connectivity index (χ3v) is 3.27. The minimum atomic E-state index is 0.549. The Morgan fingerprint density at radius 1 is 1.16 bits per heavy atom. The van der Waals surface area contributed by atoms with Gasteiger partial charge in [0, 0.05) is 6.07 Å². The van der Waals surface area contributed by atoms with Gasteiger partial charge in [0.1, 0.15) is 0 Å². The Morgan fingerprint density at radius 3 is 2.58 bits per heavy atom. The first-order chi connectivity index (χ1) is 9.22. The lowest BCUT2D eigenvalue weighted by atomic mass is 10.2. The summed E-state index contributed by atoms with van der Waals surface area (Å²) in [5.74, 6) is 1.32. The average Bonchev–Trinajstić information content (AvgIpc) is 2.41. The van der Waals surface area contributed by atoms with Crippen LogP contribution in [0, 0.1) is 11.3 Å². The van der Waals surface area contributed by atoms with Crippen molar-refractivity contribution in [3.05, 3.63) is 22.2 Å². The Balaban J connectivity index is 2.72. The molecule has 0 bridgehead atoms. The zero-order valence-corrected chi connectivity index (χ0v) is 13.1. The summed E-state index contributed by atoms with van der Waals surface area (Å²) in [6.45, 7) is 5.32. The molecule has 0 saturated carbocycles. The van der Waals surface area contributed by atoms with E-state index in [-0.39, 0.29) is 0 Å². The van der Waals surface area contributed by atoms with E-state index >= 15 is 0 Å². The highest BCUT2D eigenvalue weighted by Crippen LogP contribution is 2.36. The Kier molecular flexibility index (Phi) is 7.35. The van der Waals surface area contributed by atoms with Gasteiger partial charge in [0.15, 0.2) is 11.5 Å². The smallest absolute Gasteiger partial charge is 0.175 e. The van der Waals surface area contributed by atoms with Gasteiger partial charge in [0.25, 0.3) is 0 Å². The van der Waals surface area contributed by atoms with E-state index in [1.165, 1.54) is 19.3 Å². The Bertz CT molecular complexity index is 441. The summed E-state index contributed by atoms with van der Waals surface area (Å²) in [6, 6.07) is 5.58. The second-order valence-electron chi connectivity index (χ2n) is 4.24. The van der Waals surface area contributed by atoms with Crippen LogP contribution < -0.4 is 9.47 Å². The van der Waals surface area contributed by atoms with Crippen molar-refractivity contribution in [2.45, 2.75) is 39.5 Å². The van der Waals surface area contributed by atoms with Crippen molar-refractivity contribution in [1.82, 2.24) is 0 Å². The fourth-order valence-corrected chi connectivity index (χ4v) is 2.30. The van der Waals surface area contributed by atoms with Gasteiger partial charge in [-0.2, -0.15) is 5.26 Å². The molecule has 0 atom stereocenters. The van der Waals surface area contributed by atoms with Crippen molar-refractivity contribution in [3.63, 3.8) is 0 Å². The maximum absolute atomic E-state index is 8.95. The van der Waals surface area contributed by atoms with Gasteiger partial charge in [-0.3, -0.25) is 0 Å². The molecule has 0 N–H and O–H groups in total. The zero-order chi connectivity index (χ0) is 14.1. The summed E-state index contributed by atoms with van der Waals surface area (Å²) in [5, 5.41) is 8.95. The first kappa shape index (κ1) is 15.8. The molecule has 4 heteroatoms. The molecule has 0 heterocycles. The number of hydrogen-bond donors (Lipinski definition) is 0. The standard InChI is InChI=1S/C15H20BrNO2/c1-3-5-6-7-8-19-15-13(16)9-12(11-17)10-14(15)18-4-2/h9-10H,3-8H2,1-2H3. The monoisotopic (exact) mass is 325 g/mol. The van der Waals surface area contributed by atoms with Gasteiger partial charge in [0.2, 0.25) is 0 Å². The highest BCUT2D eigenvalue weighted by atomic mass is 79.9. The number of rotatable bonds is 8. The molecule has 0 fully saturated rings. The number of nitrogens with zero attached hydrogens (tertiary/aromatic N) is 1. The summed E-state index contributed by atoms with van der Waals surface area (Å²) in [7, 11) is 0. The van der Waals surface area contributed by atoms with Crippen LogP contribution in [0.25, 0.3) is 0 Å². The molecule has 19 heavy (non-hydrogen) atoms. The molecule has 104 valence electrons. The first-order valence-corrected chi connectivity index (χ1v) is 7.51. The van der Waals surface area contributed by atoms with E-state index in [0.29, 0.717) is 30.3 Å². The molecule has 0 aromatic heterocycles. The van der Waals surface area contributed by atoms with E-state index in [0.717, 1.165) is 10.9 Å². The quantitative estimate of drug-likeness (QED) is 0.652. The highest BCUT2D eigenvalue weighted by molar-refractivity contribution is 9.10. The summed E-state index contributed by atoms with van der Waals surface area (Å²) in [6.07, 6.45) is 4.65. The fourth-order valence-electron chi connectivity index (χ4n) is 1.74. The molecule has 1 aromatic rings. The number of benzene rings is 1. The fraction of sp³-hybridized carbons (Fsp3) is 0.533. The molecule has 0 aliphatic carbocycles. The van der Waals surface area contributed by atoms with Crippen molar-refractivity contribution < 1.29 is 9.47 Å². The second kappa shape index (κ2) is 8.82. The van der Waals surface area contributed by atoms with Gasteiger partial charge in [-0.15, -0.1) is 0 Å². The third-order valence-electron chi connectivity index (χ3n) is 2.68. The molecule has 0 aliphatic rings. The van der Waals surface area contributed by atoms with Gasteiger partial charge in [-0.25, -0.2) is 0 Å². The van der Waals surface area contributed by atoms with Crippen LogP contribution in [0.3, 0.4) is 0 Å². The van der Waals surface area contributed by atoms with Crippen LogP contribution in [0.1, 0.15) is 45.1 Å². The lowest BCUT2D eigenvalue weighted by molar-refractivity contribution is 0.269. The molecule has 0 spiro atoms. The molecule has 3 nitrogen and oxygen atoms in total. The van der Waals surface area contributed by atoms with Crippen LogP contribution in [0.2, 0.25) is 0 Å². The minimum absolute atomic E-state index is 0.549. The first-order valence-electron chi connectivity index (χ1n) is 6.72. The Labute approximate surface area is 123 Å². The van der Waals surface area contributed by atoms with E-state index in [2.05, 4.69) is 28.9 Å². The van der Waals surface area contributed by atoms with Gasteiger partial charge in [-0.1, -0.05) is 26.2 Å². The lowest BCUT2D eigenvalue weighted by Gasteiger charge is -2.14. The molecular weight excluding hydrogens is 306 g/mol. The van der Waals surface area contributed by atoms with Crippen molar-refractivity contribution in [3.8, 4) is 17.6 Å². The van der Waals surface area contributed by atoms with Crippen molar-refractivity contribution in [2.75, 3.05) is 13.2 Å². The van der Waals surface area contributed by atoms with E-state index in [1.807, 2.05) is 6.92 Å². The maximum Gasteiger partial charge on any atom is 0.175 e. The summed E-state index contributed by atoms with van der Waals surface area (Å²) < 4.78 is 12.1. The van der Waals surface area contributed by atoms with Gasteiger partial charge in [0.05, 0.1) is 29.3 Å².